The second-order valence-corrected chi connectivity index (χ2v) is 6.16. The standard InChI is InChI=1S/C13H22N2O4/c1-13(2,3)19-12(17)18-10-8-9-6-5-7-15(9)11(16)14(10)4/h9-10H,5-8H2,1-4H3. The van der Waals surface area contributed by atoms with Crippen molar-refractivity contribution in [2.45, 2.75) is 57.9 Å². The van der Waals surface area contributed by atoms with E-state index < -0.39 is 18.0 Å². The first-order chi connectivity index (χ1) is 8.78. The lowest BCUT2D eigenvalue weighted by Gasteiger charge is -2.40. The van der Waals surface area contributed by atoms with E-state index in [0.717, 1.165) is 19.4 Å². The third-order valence-electron chi connectivity index (χ3n) is 3.45. The number of ether oxygens (including phenoxy) is 2. The maximum Gasteiger partial charge on any atom is 0.510 e. The molecule has 2 aliphatic heterocycles. The highest BCUT2D eigenvalue weighted by Gasteiger charge is 2.42. The van der Waals surface area contributed by atoms with Crippen LogP contribution in [0.4, 0.5) is 9.59 Å². The monoisotopic (exact) mass is 270 g/mol. The molecule has 2 fully saturated rings. The molecule has 0 bridgehead atoms. The second-order valence-electron chi connectivity index (χ2n) is 6.16. The highest BCUT2D eigenvalue weighted by atomic mass is 16.7. The number of rotatable bonds is 1. The van der Waals surface area contributed by atoms with Crippen LogP contribution in [-0.4, -0.2) is 53.4 Å². The second kappa shape index (κ2) is 4.90. The molecule has 0 radical (unpaired) electrons. The third kappa shape index (κ3) is 3.11. The summed E-state index contributed by atoms with van der Waals surface area (Å²) in [5.74, 6) is 0. The quantitative estimate of drug-likeness (QED) is 0.685. The number of hydrogen-bond acceptors (Lipinski definition) is 4. The SMILES string of the molecule is CN1C(=O)N2CCCC2CC1OC(=O)OC(C)(C)C. The topological polar surface area (TPSA) is 59.1 Å². The molecule has 2 atom stereocenters. The molecule has 6 nitrogen and oxygen atoms in total. The maximum absolute atomic E-state index is 12.1. The number of hydrogen-bond donors (Lipinski definition) is 0. The molecule has 6 heteroatoms. The van der Waals surface area contributed by atoms with Gasteiger partial charge in [0.1, 0.15) is 5.60 Å². The lowest BCUT2D eigenvalue weighted by molar-refractivity contribution is -0.0763. The minimum absolute atomic E-state index is 0.0673. The molecule has 2 amide bonds. The molecule has 19 heavy (non-hydrogen) atoms. The fourth-order valence-corrected chi connectivity index (χ4v) is 2.56. The van der Waals surface area contributed by atoms with Crippen molar-refractivity contribution in [3.05, 3.63) is 0 Å². The summed E-state index contributed by atoms with van der Waals surface area (Å²) < 4.78 is 10.4. The van der Waals surface area contributed by atoms with Gasteiger partial charge in [-0.25, -0.2) is 9.59 Å². The van der Waals surface area contributed by atoms with E-state index in [1.54, 1.807) is 27.8 Å². The molecule has 0 spiro atoms. The minimum Gasteiger partial charge on any atom is -0.429 e. The van der Waals surface area contributed by atoms with Crippen molar-refractivity contribution in [3.63, 3.8) is 0 Å². The van der Waals surface area contributed by atoms with Crippen molar-refractivity contribution >= 4 is 12.2 Å². The van der Waals surface area contributed by atoms with Crippen molar-refractivity contribution in [2.24, 2.45) is 0 Å². The van der Waals surface area contributed by atoms with Gasteiger partial charge in [-0.2, -0.15) is 0 Å². The molecule has 0 saturated carbocycles. The van der Waals surface area contributed by atoms with E-state index in [1.807, 2.05) is 4.90 Å². The summed E-state index contributed by atoms with van der Waals surface area (Å²) in [6.45, 7) is 6.14. The summed E-state index contributed by atoms with van der Waals surface area (Å²) in [7, 11) is 1.66. The molecule has 2 saturated heterocycles. The van der Waals surface area contributed by atoms with Gasteiger partial charge in [0, 0.05) is 26.1 Å². The van der Waals surface area contributed by atoms with E-state index in [1.165, 1.54) is 4.90 Å². The van der Waals surface area contributed by atoms with Gasteiger partial charge in [0.05, 0.1) is 0 Å². The molecule has 2 aliphatic rings. The van der Waals surface area contributed by atoms with Crippen LogP contribution in [0.15, 0.2) is 0 Å². The number of carbonyl (C=O) groups excluding carboxylic acids is 2. The van der Waals surface area contributed by atoms with E-state index in [9.17, 15) is 9.59 Å². The zero-order valence-corrected chi connectivity index (χ0v) is 12.0. The Morgan fingerprint density at radius 3 is 2.68 bits per heavy atom. The summed E-state index contributed by atoms with van der Waals surface area (Å²) in [5, 5.41) is 0. The van der Waals surface area contributed by atoms with E-state index in [2.05, 4.69) is 0 Å². The Morgan fingerprint density at radius 1 is 1.37 bits per heavy atom. The first-order valence-electron chi connectivity index (χ1n) is 6.71. The smallest absolute Gasteiger partial charge is 0.429 e. The number of amides is 2. The van der Waals surface area contributed by atoms with E-state index in [0.29, 0.717) is 6.42 Å². The van der Waals surface area contributed by atoms with Gasteiger partial charge < -0.3 is 14.4 Å². The van der Waals surface area contributed by atoms with Gasteiger partial charge in [0.2, 0.25) is 0 Å². The predicted octanol–water partition coefficient (Wildman–Crippen LogP) is 2.18. The lowest BCUT2D eigenvalue weighted by Crippen LogP contribution is -2.56. The van der Waals surface area contributed by atoms with E-state index in [4.69, 9.17) is 9.47 Å². The zero-order valence-electron chi connectivity index (χ0n) is 12.0. The lowest BCUT2D eigenvalue weighted by atomic mass is 10.1. The molecule has 2 unspecified atom stereocenters. The van der Waals surface area contributed by atoms with Crippen LogP contribution in [0, 0.1) is 0 Å². The Kier molecular flexibility index (Phi) is 3.60. The van der Waals surface area contributed by atoms with Crippen molar-refractivity contribution < 1.29 is 19.1 Å². The van der Waals surface area contributed by atoms with Gasteiger partial charge in [-0.1, -0.05) is 0 Å². The van der Waals surface area contributed by atoms with E-state index in [-0.39, 0.29) is 12.1 Å². The third-order valence-corrected chi connectivity index (χ3v) is 3.45. The van der Waals surface area contributed by atoms with Crippen LogP contribution in [0.2, 0.25) is 0 Å². The van der Waals surface area contributed by atoms with Crippen LogP contribution in [0.1, 0.15) is 40.0 Å². The molecule has 0 aliphatic carbocycles. The molecular formula is C13H22N2O4. The van der Waals surface area contributed by atoms with E-state index >= 15 is 0 Å². The normalized spacial score (nSPS) is 27.3. The number of fused-ring (bicyclic) bond motifs is 1. The van der Waals surface area contributed by atoms with Crippen molar-refractivity contribution in [1.82, 2.24) is 9.80 Å². The molecular weight excluding hydrogens is 248 g/mol. The van der Waals surface area contributed by atoms with Crippen LogP contribution in [-0.2, 0) is 9.47 Å². The van der Waals surface area contributed by atoms with Crippen LogP contribution in [0.5, 0.6) is 0 Å². The van der Waals surface area contributed by atoms with Gasteiger partial charge in [-0.15, -0.1) is 0 Å². The predicted molar refractivity (Wildman–Crippen MR) is 68.6 cm³/mol. The maximum atomic E-state index is 12.1. The van der Waals surface area contributed by atoms with Crippen LogP contribution in [0.25, 0.3) is 0 Å². The van der Waals surface area contributed by atoms with Crippen molar-refractivity contribution in [1.29, 1.82) is 0 Å². The molecule has 0 aromatic carbocycles. The molecule has 108 valence electrons. The Labute approximate surface area is 113 Å². The summed E-state index contributed by atoms with van der Waals surface area (Å²) in [4.78, 5) is 27.1. The fraction of sp³-hybridized carbons (Fsp3) is 0.846. The highest BCUT2D eigenvalue weighted by Crippen LogP contribution is 2.29. The van der Waals surface area contributed by atoms with Crippen molar-refractivity contribution in [2.75, 3.05) is 13.6 Å². The molecule has 0 aromatic heterocycles. The Bertz CT molecular complexity index is 377. The first-order valence-corrected chi connectivity index (χ1v) is 6.71. The van der Waals surface area contributed by atoms with Gasteiger partial charge in [-0.05, 0) is 33.6 Å². The molecule has 0 aromatic rings. The average Bonchev–Trinajstić information content (AvgIpc) is 2.71. The van der Waals surface area contributed by atoms with Gasteiger partial charge >= 0.3 is 12.2 Å². The van der Waals surface area contributed by atoms with Crippen molar-refractivity contribution in [3.8, 4) is 0 Å². The molecule has 2 heterocycles. The van der Waals surface area contributed by atoms with Crippen LogP contribution >= 0.6 is 0 Å². The molecule has 0 N–H and O–H groups in total. The number of nitrogens with zero attached hydrogens (tertiary/aromatic N) is 2. The van der Waals surface area contributed by atoms with Gasteiger partial charge in [0.25, 0.3) is 0 Å². The largest absolute Gasteiger partial charge is 0.510 e. The Hall–Kier alpha value is -1.46. The molecule has 2 rings (SSSR count). The Morgan fingerprint density at radius 2 is 2.05 bits per heavy atom. The fourth-order valence-electron chi connectivity index (χ4n) is 2.56. The minimum atomic E-state index is -0.719. The number of carbonyl (C=O) groups is 2. The summed E-state index contributed by atoms with van der Waals surface area (Å²) in [6.07, 6.45) is 1.41. The summed E-state index contributed by atoms with van der Waals surface area (Å²) >= 11 is 0. The Balaban J connectivity index is 1.97. The van der Waals surface area contributed by atoms with Crippen LogP contribution < -0.4 is 0 Å². The average molecular weight is 270 g/mol. The first kappa shape index (κ1) is 14.0. The van der Waals surface area contributed by atoms with Crippen LogP contribution in [0.3, 0.4) is 0 Å². The highest BCUT2D eigenvalue weighted by molar-refractivity contribution is 5.76. The summed E-state index contributed by atoms with van der Waals surface area (Å²) in [5.41, 5.74) is -0.590. The summed E-state index contributed by atoms with van der Waals surface area (Å²) in [6, 6.07) is 0.124. The van der Waals surface area contributed by atoms with Gasteiger partial charge in [0.15, 0.2) is 6.23 Å². The zero-order chi connectivity index (χ0) is 14.2. The van der Waals surface area contributed by atoms with Gasteiger partial charge in [-0.3, -0.25) is 4.90 Å². The number of urea groups is 1.